The Kier molecular flexibility index (Phi) is 3.70. The van der Waals surface area contributed by atoms with E-state index in [1.165, 1.54) is 36.8 Å². The van der Waals surface area contributed by atoms with Gasteiger partial charge in [0, 0.05) is 11.3 Å². The number of hydrogen-bond donors (Lipinski definition) is 1. The first kappa shape index (κ1) is 14.5. The smallest absolute Gasteiger partial charge is 0.0897 e. The number of benzene rings is 1. The zero-order valence-electron chi connectivity index (χ0n) is 13.2. The summed E-state index contributed by atoms with van der Waals surface area (Å²) in [7, 11) is 0. The fourth-order valence-electron chi connectivity index (χ4n) is 3.31. The van der Waals surface area contributed by atoms with Crippen molar-refractivity contribution in [3.05, 3.63) is 58.8 Å². The third-order valence-electron chi connectivity index (χ3n) is 4.51. The number of H-pyrrole nitrogens is 1. The van der Waals surface area contributed by atoms with Gasteiger partial charge in [0.05, 0.1) is 21.7 Å². The van der Waals surface area contributed by atoms with Gasteiger partial charge in [-0.15, -0.1) is 0 Å². The predicted molar refractivity (Wildman–Crippen MR) is 97.7 cm³/mol. The van der Waals surface area contributed by atoms with Crippen LogP contribution in [0.1, 0.15) is 36.9 Å². The normalized spacial score (nSPS) is 15.0. The summed E-state index contributed by atoms with van der Waals surface area (Å²) in [6.45, 7) is 2.03. The van der Waals surface area contributed by atoms with Gasteiger partial charge in [-0.25, -0.2) is 4.98 Å². The highest BCUT2D eigenvalue weighted by molar-refractivity contribution is 6.33. The number of aryl methyl sites for hydroxylation is 1. The lowest BCUT2D eigenvalue weighted by Crippen LogP contribution is -1.92. The van der Waals surface area contributed by atoms with Crippen LogP contribution >= 0.6 is 11.6 Å². The molecule has 0 bridgehead atoms. The van der Waals surface area contributed by atoms with Gasteiger partial charge in [-0.2, -0.15) is 0 Å². The zero-order chi connectivity index (χ0) is 15.8. The largest absolute Gasteiger partial charge is 0.357 e. The van der Waals surface area contributed by atoms with E-state index in [4.69, 9.17) is 16.6 Å². The van der Waals surface area contributed by atoms with Crippen LogP contribution in [0.4, 0.5) is 0 Å². The second kappa shape index (κ2) is 5.86. The Balaban J connectivity index is 1.72. The Bertz CT molecular complexity index is 888. The quantitative estimate of drug-likeness (QED) is 0.602. The summed E-state index contributed by atoms with van der Waals surface area (Å²) in [5.41, 5.74) is 7.75. The molecule has 0 saturated carbocycles. The molecule has 0 saturated heterocycles. The minimum Gasteiger partial charge on any atom is -0.357 e. The molecular weight excluding hydrogens is 304 g/mol. The number of aromatic nitrogens is 2. The molecule has 0 radical (unpaired) electrons. The Morgan fingerprint density at radius 2 is 1.83 bits per heavy atom. The van der Waals surface area contributed by atoms with Gasteiger partial charge in [0.1, 0.15) is 0 Å². The van der Waals surface area contributed by atoms with Crippen LogP contribution < -0.4 is 0 Å². The lowest BCUT2D eigenvalue weighted by molar-refractivity contribution is 0.742. The molecule has 2 nitrogen and oxygen atoms in total. The summed E-state index contributed by atoms with van der Waals surface area (Å²) >= 11 is 6.44. The number of hydrogen-bond acceptors (Lipinski definition) is 1. The third-order valence-corrected chi connectivity index (χ3v) is 4.80. The van der Waals surface area contributed by atoms with Crippen LogP contribution in [-0.2, 0) is 0 Å². The monoisotopic (exact) mass is 322 g/mol. The van der Waals surface area contributed by atoms with Crippen LogP contribution in [0.15, 0.2) is 42.5 Å². The van der Waals surface area contributed by atoms with Crippen LogP contribution in [0.25, 0.3) is 27.9 Å². The standard InChI is InChI=1S/C20H19ClN2/c1-13-11-18-19(22-13)12-17(21)20(23-18)16-9-7-15(8-10-16)14-5-3-2-4-6-14/h5,7-12,22H,2-4,6H2,1H3. The summed E-state index contributed by atoms with van der Waals surface area (Å²) < 4.78 is 0. The van der Waals surface area contributed by atoms with Crippen molar-refractivity contribution < 1.29 is 0 Å². The van der Waals surface area contributed by atoms with Crippen molar-refractivity contribution in [2.24, 2.45) is 0 Å². The van der Waals surface area contributed by atoms with Gasteiger partial charge >= 0.3 is 0 Å². The molecule has 0 aliphatic heterocycles. The minimum absolute atomic E-state index is 0.684. The van der Waals surface area contributed by atoms with E-state index >= 15 is 0 Å². The number of rotatable bonds is 2. The molecule has 0 atom stereocenters. The van der Waals surface area contributed by atoms with E-state index in [0.29, 0.717) is 5.02 Å². The molecule has 2 aromatic heterocycles. The summed E-state index contributed by atoms with van der Waals surface area (Å²) in [4.78, 5) is 8.01. The molecule has 1 aliphatic carbocycles. The molecule has 3 heteroatoms. The van der Waals surface area contributed by atoms with Crippen molar-refractivity contribution in [1.82, 2.24) is 9.97 Å². The van der Waals surface area contributed by atoms with Gasteiger partial charge in [0.2, 0.25) is 0 Å². The highest BCUT2D eigenvalue weighted by atomic mass is 35.5. The van der Waals surface area contributed by atoms with Crippen LogP contribution in [0.3, 0.4) is 0 Å². The number of allylic oxidation sites excluding steroid dienone is 2. The molecule has 1 N–H and O–H groups in total. The number of halogens is 1. The van der Waals surface area contributed by atoms with Gasteiger partial charge in [0.25, 0.3) is 0 Å². The van der Waals surface area contributed by atoms with Crippen molar-refractivity contribution >= 4 is 28.2 Å². The summed E-state index contributed by atoms with van der Waals surface area (Å²) in [5.74, 6) is 0. The molecular formula is C20H19ClN2. The molecule has 1 aliphatic rings. The third kappa shape index (κ3) is 2.79. The Morgan fingerprint density at radius 3 is 2.57 bits per heavy atom. The lowest BCUT2D eigenvalue weighted by atomic mass is 9.93. The molecule has 0 fully saturated rings. The SMILES string of the molecule is Cc1cc2nc(-c3ccc(C4=CCCCC4)cc3)c(Cl)cc2[nH]1. The van der Waals surface area contributed by atoms with Crippen molar-refractivity contribution in [2.45, 2.75) is 32.6 Å². The van der Waals surface area contributed by atoms with E-state index in [1.807, 2.05) is 13.0 Å². The van der Waals surface area contributed by atoms with Crippen LogP contribution in [-0.4, -0.2) is 9.97 Å². The topological polar surface area (TPSA) is 28.7 Å². The van der Waals surface area contributed by atoms with Crippen molar-refractivity contribution in [3.8, 4) is 11.3 Å². The maximum absolute atomic E-state index is 6.44. The second-order valence-corrected chi connectivity index (χ2v) is 6.66. The summed E-state index contributed by atoms with van der Waals surface area (Å²) in [5, 5.41) is 0.684. The van der Waals surface area contributed by atoms with Crippen molar-refractivity contribution in [2.75, 3.05) is 0 Å². The first-order valence-corrected chi connectivity index (χ1v) is 8.54. The number of pyridine rings is 1. The molecule has 23 heavy (non-hydrogen) atoms. The first-order chi connectivity index (χ1) is 11.2. The molecule has 0 spiro atoms. The second-order valence-electron chi connectivity index (χ2n) is 6.26. The Morgan fingerprint density at radius 1 is 1.04 bits per heavy atom. The Hall–Kier alpha value is -2.06. The maximum atomic E-state index is 6.44. The van der Waals surface area contributed by atoms with Crippen molar-refractivity contribution in [1.29, 1.82) is 0 Å². The molecule has 4 rings (SSSR count). The van der Waals surface area contributed by atoms with Gasteiger partial charge < -0.3 is 4.98 Å². The fourth-order valence-corrected chi connectivity index (χ4v) is 3.57. The van der Waals surface area contributed by atoms with Crippen LogP contribution in [0, 0.1) is 6.92 Å². The summed E-state index contributed by atoms with van der Waals surface area (Å²) in [6, 6.07) is 12.7. The molecule has 3 aromatic rings. The van der Waals surface area contributed by atoms with Gasteiger partial charge in [-0.05, 0) is 55.9 Å². The lowest BCUT2D eigenvalue weighted by Gasteiger charge is -2.13. The zero-order valence-corrected chi connectivity index (χ0v) is 14.0. The Labute approximate surface area is 141 Å². The first-order valence-electron chi connectivity index (χ1n) is 8.16. The van der Waals surface area contributed by atoms with E-state index in [0.717, 1.165) is 28.0 Å². The highest BCUT2D eigenvalue weighted by Crippen LogP contribution is 2.32. The van der Waals surface area contributed by atoms with E-state index in [1.54, 1.807) is 0 Å². The number of fused-ring (bicyclic) bond motifs is 1. The fraction of sp³-hybridized carbons (Fsp3) is 0.250. The average molecular weight is 323 g/mol. The number of aromatic amines is 1. The number of nitrogens with zero attached hydrogens (tertiary/aromatic N) is 1. The van der Waals surface area contributed by atoms with E-state index in [-0.39, 0.29) is 0 Å². The maximum Gasteiger partial charge on any atom is 0.0897 e. The van der Waals surface area contributed by atoms with E-state index in [9.17, 15) is 0 Å². The molecule has 0 amide bonds. The van der Waals surface area contributed by atoms with Crippen LogP contribution in [0.2, 0.25) is 5.02 Å². The molecule has 0 unspecified atom stereocenters. The van der Waals surface area contributed by atoms with Gasteiger partial charge in [-0.3, -0.25) is 0 Å². The summed E-state index contributed by atoms with van der Waals surface area (Å²) in [6.07, 6.45) is 7.38. The average Bonchev–Trinajstić information content (AvgIpc) is 2.94. The highest BCUT2D eigenvalue weighted by Gasteiger charge is 2.11. The van der Waals surface area contributed by atoms with Gasteiger partial charge in [0.15, 0.2) is 0 Å². The van der Waals surface area contributed by atoms with Gasteiger partial charge in [-0.1, -0.05) is 41.9 Å². The molecule has 1 aromatic carbocycles. The minimum atomic E-state index is 0.684. The van der Waals surface area contributed by atoms with E-state index < -0.39 is 0 Å². The number of nitrogens with one attached hydrogen (secondary N) is 1. The predicted octanol–water partition coefficient (Wildman–Crippen LogP) is 6.15. The van der Waals surface area contributed by atoms with Crippen molar-refractivity contribution in [3.63, 3.8) is 0 Å². The molecule has 116 valence electrons. The van der Waals surface area contributed by atoms with E-state index in [2.05, 4.69) is 41.4 Å². The molecule has 2 heterocycles. The van der Waals surface area contributed by atoms with Crippen LogP contribution in [0.5, 0.6) is 0 Å².